The molecule has 0 N–H and O–H groups in total. The van der Waals surface area contributed by atoms with Gasteiger partial charge in [-0.3, -0.25) is 0 Å². The van der Waals surface area contributed by atoms with Gasteiger partial charge >= 0.3 is 0 Å². The molecule has 0 bridgehead atoms. The summed E-state index contributed by atoms with van der Waals surface area (Å²) in [4.78, 5) is 4.25. The summed E-state index contributed by atoms with van der Waals surface area (Å²) < 4.78 is 5.00. The number of halogens is 1. The van der Waals surface area contributed by atoms with Crippen molar-refractivity contribution < 1.29 is 4.42 Å². The van der Waals surface area contributed by atoms with Crippen LogP contribution in [0.3, 0.4) is 0 Å². The van der Waals surface area contributed by atoms with Gasteiger partial charge in [-0.05, 0) is 0 Å². The van der Waals surface area contributed by atoms with Gasteiger partial charge in [-0.2, -0.15) is 0 Å². The zero-order chi connectivity index (χ0) is 6.69. The van der Waals surface area contributed by atoms with Gasteiger partial charge in [-0.1, -0.05) is 22.9 Å². The molecule has 2 nitrogen and oxygen atoms in total. The highest BCUT2D eigenvalue weighted by molar-refractivity contribution is 9.09. The first-order valence-electron chi connectivity index (χ1n) is 2.80. The Morgan fingerprint density at radius 1 is 1.89 bits per heavy atom. The molecule has 1 aromatic rings. The summed E-state index contributed by atoms with van der Waals surface area (Å²) in [6, 6.07) is 0. The summed E-state index contributed by atoms with van der Waals surface area (Å²) in [5.74, 6) is 0.930. The van der Waals surface area contributed by atoms with Gasteiger partial charge in [0, 0.05) is 11.2 Å². The highest BCUT2D eigenvalue weighted by Crippen LogP contribution is 2.07. The van der Waals surface area contributed by atoms with Crippen molar-refractivity contribution in [2.24, 2.45) is 0 Å². The third-order valence-corrected chi connectivity index (χ3v) is 1.29. The van der Waals surface area contributed by atoms with Gasteiger partial charge < -0.3 is 4.42 Å². The first-order chi connectivity index (χ1) is 4.29. The highest BCUT2D eigenvalue weighted by atomic mass is 79.9. The largest absolute Gasteiger partial charge is 0.448 e. The number of nitrogens with zero attached hydrogens (tertiary/aromatic N) is 1. The van der Waals surface area contributed by atoms with Crippen LogP contribution in [0.4, 0.5) is 0 Å². The standard InChI is InChI=1S/C6H8BrNO/c1-5(7)2-6-3-8-4-9-6/h3-5H,2H2,1H3. The van der Waals surface area contributed by atoms with E-state index in [1.807, 2.05) is 0 Å². The van der Waals surface area contributed by atoms with Gasteiger partial charge in [0.2, 0.25) is 0 Å². The lowest BCUT2D eigenvalue weighted by Gasteiger charge is -1.95. The number of hydrogen-bond acceptors (Lipinski definition) is 2. The zero-order valence-electron chi connectivity index (χ0n) is 5.17. The van der Waals surface area contributed by atoms with E-state index in [0.29, 0.717) is 4.83 Å². The smallest absolute Gasteiger partial charge is 0.180 e. The van der Waals surface area contributed by atoms with Crippen molar-refractivity contribution in [2.45, 2.75) is 18.2 Å². The molecule has 0 saturated carbocycles. The highest BCUT2D eigenvalue weighted by Gasteiger charge is 2.00. The van der Waals surface area contributed by atoms with E-state index in [1.54, 1.807) is 6.20 Å². The number of aromatic nitrogens is 1. The molecule has 0 aliphatic rings. The van der Waals surface area contributed by atoms with Crippen LogP contribution >= 0.6 is 15.9 Å². The summed E-state index contributed by atoms with van der Waals surface area (Å²) >= 11 is 3.41. The zero-order valence-corrected chi connectivity index (χ0v) is 6.76. The van der Waals surface area contributed by atoms with Crippen LogP contribution in [0.15, 0.2) is 17.0 Å². The number of rotatable bonds is 2. The second-order valence-corrected chi connectivity index (χ2v) is 3.52. The maximum atomic E-state index is 5.00. The fraction of sp³-hybridized carbons (Fsp3) is 0.500. The summed E-state index contributed by atoms with van der Waals surface area (Å²) in [6.45, 7) is 2.07. The van der Waals surface area contributed by atoms with Crippen molar-refractivity contribution in [2.75, 3.05) is 0 Å². The SMILES string of the molecule is CC(Br)Cc1cnco1. The minimum atomic E-state index is 0.463. The second-order valence-electron chi connectivity index (χ2n) is 1.95. The Labute approximate surface area is 62.4 Å². The summed E-state index contributed by atoms with van der Waals surface area (Å²) in [5.41, 5.74) is 0. The van der Waals surface area contributed by atoms with Gasteiger partial charge in [0.05, 0.1) is 6.20 Å². The molecule has 1 rings (SSSR count). The van der Waals surface area contributed by atoms with Gasteiger partial charge in [0.15, 0.2) is 6.39 Å². The predicted molar refractivity (Wildman–Crippen MR) is 38.6 cm³/mol. The van der Waals surface area contributed by atoms with Crippen LogP contribution in [0.1, 0.15) is 12.7 Å². The molecule has 0 aromatic carbocycles. The Morgan fingerprint density at radius 2 is 2.67 bits per heavy atom. The van der Waals surface area contributed by atoms with Gasteiger partial charge in [0.25, 0.3) is 0 Å². The molecule has 9 heavy (non-hydrogen) atoms. The molecule has 1 atom stereocenters. The van der Waals surface area contributed by atoms with Crippen molar-refractivity contribution in [3.05, 3.63) is 18.4 Å². The van der Waals surface area contributed by atoms with Crippen molar-refractivity contribution in [3.63, 3.8) is 0 Å². The Bertz CT molecular complexity index is 160. The maximum Gasteiger partial charge on any atom is 0.180 e. The lowest BCUT2D eigenvalue weighted by atomic mass is 10.3. The van der Waals surface area contributed by atoms with Crippen molar-refractivity contribution in [1.82, 2.24) is 4.98 Å². The molecule has 1 unspecified atom stereocenters. The van der Waals surface area contributed by atoms with Gasteiger partial charge in [-0.25, -0.2) is 4.98 Å². The Kier molecular flexibility index (Phi) is 2.28. The minimum absolute atomic E-state index is 0.463. The van der Waals surface area contributed by atoms with Crippen molar-refractivity contribution >= 4 is 15.9 Å². The minimum Gasteiger partial charge on any atom is -0.448 e. The molecule has 1 heterocycles. The second kappa shape index (κ2) is 3.01. The van der Waals surface area contributed by atoms with E-state index in [-0.39, 0.29) is 0 Å². The van der Waals surface area contributed by atoms with Crippen LogP contribution in [-0.4, -0.2) is 9.81 Å². The number of alkyl halides is 1. The lowest BCUT2D eigenvalue weighted by molar-refractivity contribution is 0.503. The van der Waals surface area contributed by atoms with E-state index in [9.17, 15) is 0 Å². The molecular weight excluding hydrogens is 182 g/mol. The van der Waals surface area contributed by atoms with Crippen LogP contribution in [0.25, 0.3) is 0 Å². The molecule has 0 amide bonds. The van der Waals surface area contributed by atoms with E-state index in [0.717, 1.165) is 12.2 Å². The molecule has 0 spiro atoms. The van der Waals surface area contributed by atoms with E-state index < -0.39 is 0 Å². The Balaban J connectivity index is 2.48. The van der Waals surface area contributed by atoms with E-state index in [4.69, 9.17) is 4.42 Å². The molecule has 50 valence electrons. The van der Waals surface area contributed by atoms with Crippen LogP contribution < -0.4 is 0 Å². The molecule has 1 aromatic heterocycles. The fourth-order valence-electron chi connectivity index (χ4n) is 0.620. The third kappa shape index (κ3) is 2.18. The molecule has 0 fully saturated rings. The fourth-order valence-corrected chi connectivity index (χ4v) is 0.939. The van der Waals surface area contributed by atoms with Crippen LogP contribution in [-0.2, 0) is 6.42 Å². The number of hydrogen-bond donors (Lipinski definition) is 0. The lowest BCUT2D eigenvalue weighted by Crippen LogP contribution is -1.93. The van der Waals surface area contributed by atoms with Gasteiger partial charge in [-0.15, -0.1) is 0 Å². The summed E-state index contributed by atoms with van der Waals surface area (Å²) in [5, 5.41) is 0. The topological polar surface area (TPSA) is 26.0 Å². The number of oxazole rings is 1. The van der Waals surface area contributed by atoms with Crippen molar-refractivity contribution in [3.8, 4) is 0 Å². The van der Waals surface area contributed by atoms with Gasteiger partial charge in [0.1, 0.15) is 5.76 Å². The first-order valence-corrected chi connectivity index (χ1v) is 3.72. The Morgan fingerprint density at radius 3 is 3.11 bits per heavy atom. The summed E-state index contributed by atoms with van der Waals surface area (Å²) in [7, 11) is 0. The molecule has 0 aliphatic heterocycles. The van der Waals surface area contributed by atoms with E-state index in [1.165, 1.54) is 6.39 Å². The molecule has 0 radical (unpaired) electrons. The first kappa shape index (κ1) is 6.81. The maximum absolute atomic E-state index is 5.00. The van der Waals surface area contributed by atoms with Crippen LogP contribution in [0.2, 0.25) is 0 Å². The molecule has 0 aliphatic carbocycles. The molecule has 3 heteroatoms. The van der Waals surface area contributed by atoms with E-state index >= 15 is 0 Å². The molecular formula is C6H8BrNO. The average molecular weight is 190 g/mol. The third-order valence-electron chi connectivity index (χ3n) is 0.966. The normalized spacial score (nSPS) is 13.6. The quantitative estimate of drug-likeness (QED) is 0.666. The van der Waals surface area contributed by atoms with Crippen molar-refractivity contribution in [1.29, 1.82) is 0 Å². The summed E-state index contributed by atoms with van der Waals surface area (Å²) in [6.07, 6.45) is 4.09. The van der Waals surface area contributed by atoms with Crippen LogP contribution in [0, 0.1) is 0 Å². The Hall–Kier alpha value is -0.310. The van der Waals surface area contributed by atoms with E-state index in [2.05, 4.69) is 27.8 Å². The van der Waals surface area contributed by atoms with Crippen LogP contribution in [0.5, 0.6) is 0 Å². The molecule has 0 saturated heterocycles. The predicted octanol–water partition coefficient (Wildman–Crippen LogP) is 2.00. The monoisotopic (exact) mass is 189 g/mol. The average Bonchev–Trinajstić information content (AvgIpc) is 2.15.